The molecule has 3 amide bonds. The van der Waals surface area contributed by atoms with Crippen LogP contribution < -0.4 is 5.32 Å². The Kier molecular flexibility index (Phi) is 12.0. The summed E-state index contributed by atoms with van der Waals surface area (Å²) < 4.78 is 11.2. The average Bonchev–Trinajstić information content (AvgIpc) is 2.72. The third-order valence-corrected chi connectivity index (χ3v) is 4.97. The molecular weight excluding hydrogens is 408 g/mol. The van der Waals surface area contributed by atoms with Gasteiger partial charge in [-0.05, 0) is 58.4 Å². The molecule has 2 unspecified atom stereocenters. The fourth-order valence-corrected chi connectivity index (χ4v) is 2.92. The van der Waals surface area contributed by atoms with Crippen molar-refractivity contribution in [2.24, 2.45) is 5.92 Å². The first kappa shape index (κ1) is 27.6. The molecule has 0 fully saturated rings. The number of unbranched alkanes of at least 4 members (excludes halogenated alkanes) is 1. The van der Waals surface area contributed by atoms with Crippen molar-refractivity contribution in [2.75, 3.05) is 13.1 Å². The zero-order chi connectivity index (χ0) is 24.1. The molecule has 2 atom stereocenters. The highest BCUT2D eigenvalue weighted by molar-refractivity contribution is 5.91. The van der Waals surface area contributed by atoms with E-state index in [1.807, 2.05) is 44.2 Å². The molecule has 7 heteroatoms. The fourth-order valence-electron chi connectivity index (χ4n) is 2.92. The zero-order valence-corrected chi connectivity index (χ0v) is 20.5. The third-order valence-electron chi connectivity index (χ3n) is 4.97. The van der Waals surface area contributed by atoms with Gasteiger partial charge in [-0.2, -0.15) is 0 Å². The van der Waals surface area contributed by atoms with E-state index in [0.717, 1.165) is 23.3 Å². The van der Waals surface area contributed by atoms with Crippen molar-refractivity contribution in [3.05, 3.63) is 35.9 Å². The van der Waals surface area contributed by atoms with Crippen LogP contribution in [0.5, 0.6) is 0 Å². The average molecular weight is 449 g/mol. The summed E-state index contributed by atoms with van der Waals surface area (Å²) in [4.78, 5) is 38.1. The van der Waals surface area contributed by atoms with Crippen molar-refractivity contribution in [3.63, 3.8) is 0 Å². The van der Waals surface area contributed by atoms with Crippen LogP contribution in [0.25, 0.3) is 0 Å². The molecule has 0 aliphatic rings. The standard InChI is InChI=1S/C25H40N2O5/c1-7-19(2)17-27(24(30)32-25(4,5)6)23(29)26-16-12-11-15-22(20(3)28)31-18-21-13-9-8-10-14-21/h8-10,13-14,19,22H,7,11-12,15-18H2,1-6H3,(H,26,29). The highest BCUT2D eigenvalue weighted by Crippen LogP contribution is 2.13. The Morgan fingerprint density at radius 2 is 1.75 bits per heavy atom. The summed E-state index contributed by atoms with van der Waals surface area (Å²) in [6, 6.07) is 9.28. The molecule has 0 saturated carbocycles. The van der Waals surface area contributed by atoms with Crippen LogP contribution in [0.1, 0.15) is 72.8 Å². The molecule has 1 aromatic carbocycles. The smallest absolute Gasteiger partial charge is 0.418 e. The van der Waals surface area contributed by atoms with Gasteiger partial charge in [0.25, 0.3) is 0 Å². The number of urea groups is 1. The highest BCUT2D eigenvalue weighted by Gasteiger charge is 2.28. The maximum atomic E-state index is 12.6. The van der Waals surface area contributed by atoms with Crippen LogP contribution in [0.2, 0.25) is 0 Å². The molecule has 0 bridgehead atoms. The number of imide groups is 1. The summed E-state index contributed by atoms with van der Waals surface area (Å²) >= 11 is 0. The molecule has 1 N–H and O–H groups in total. The molecule has 180 valence electrons. The Labute approximate surface area is 192 Å². The number of carbonyl (C=O) groups is 3. The van der Waals surface area contributed by atoms with Gasteiger partial charge in [0.05, 0.1) is 6.61 Å². The van der Waals surface area contributed by atoms with Gasteiger partial charge >= 0.3 is 12.1 Å². The number of ketones is 1. The van der Waals surface area contributed by atoms with E-state index in [2.05, 4.69) is 5.32 Å². The Hall–Kier alpha value is -2.41. The lowest BCUT2D eigenvalue weighted by Gasteiger charge is -2.28. The van der Waals surface area contributed by atoms with Crippen LogP contribution in [0, 0.1) is 5.92 Å². The minimum Gasteiger partial charge on any atom is -0.443 e. The fraction of sp³-hybridized carbons (Fsp3) is 0.640. The van der Waals surface area contributed by atoms with E-state index in [1.165, 1.54) is 6.92 Å². The zero-order valence-electron chi connectivity index (χ0n) is 20.5. The summed E-state index contributed by atoms with van der Waals surface area (Å²) in [5.41, 5.74) is 0.349. The molecular formula is C25H40N2O5. The van der Waals surface area contributed by atoms with Crippen molar-refractivity contribution in [1.82, 2.24) is 10.2 Å². The van der Waals surface area contributed by atoms with Crippen LogP contribution in [0.4, 0.5) is 9.59 Å². The molecule has 1 aromatic rings. The SMILES string of the molecule is CCC(C)CN(C(=O)NCCCCC(OCc1ccccc1)C(C)=O)C(=O)OC(C)(C)C. The lowest BCUT2D eigenvalue weighted by molar-refractivity contribution is -0.129. The second-order valence-corrected chi connectivity index (χ2v) is 9.23. The van der Waals surface area contributed by atoms with Crippen molar-refractivity contribution in [2.45, 2.75) is 85.5 Å². The molecule has 0 heterocycles. The summed E-state index contributed by atoms with van der Waals surface area (Å²) in [6.07, 6.45) is 1.73. The predicted molar refractivity (Wildman–Crippen MR) is 125 cm³/mol. The number of Topliss-reactive ketones (excluding diaryl/α,β-unsaturated/α-hetero) is 1. The number of hydrogen-bond donors (Lipinski definition) is 1. The van der Waals surface area contributed by atoms with Crippen LogP contribution in [-0.4, -0.2) is 47.6 Å². The molecule has 0 spiro atoms. The molecule has 0 aliphatic heterocycles. The number of nitrogens with one attached hydrogen (secondary N) is 1. The Bertz CT molecular complexity index is 715. The summed E-state index contributed by atoms with van der Waals surface area (Å²) in [6.45, 7) is 12.0. The number of amides is 3. The van der Waals surface area contributed by atoms with Gasteiger partial charge in [-0.1, -0.05) is 50.6 Å². The van der Waals surface area contributed by atoms with Crippen LogP contribution in [-0.2, 0) is 20.9 Å². The summed E-state index contributed by atoms with van der Waals surface area (Å²) in [5.74, 6) is 0.168. The lowest BCUT2D eigenvalue weighted by Crippen LogP contribution is -2.48. The molecule has 0 saturated heterocycles. The Morgan fingerprint density at radius 3 is 2.31 bits per heavy atom. The van der Waals surface area contributed by atoms with Gasteiger partial charge in [0.2, 0.25) is 0 Å². The molecule has 0 aliphatic carbocycles. The summed E-state index contributed by atoms with van der Waals surface area (Å²) in [5, 5.41) is 2.80. The highest BCUT2D eigenvalue weighted by atomic mass is 16.6. The number of nitrogens with zero attached hydrogens (tertiary/aromatic N) is 1. The molecule has 7 nitrogen and oxygen atoms in total. The number of benzene rings is 1. The minimum atomic E-state index is -0.674. The summed E-state index contributed by atoms with van der Waals surface area (Å²) in [7, 11) is 0. The van der Waals surface area contributed by atoms with Gasteiger partial charge in [0.15, 0.2) is 5.78 Å². The van der Waals surface area contributed by atoms with Crippen LogP contribution in [0.3, 0.4) is 0 Å². The monoisotopic (exact) mass is 448 g/mol. The maximum absolute atomic E-state index is 12.6. The molecule has 1 rings (SSSR count). The van der Waals surface area contributed by atoms with Gasteiger partial charge in [-0.25, -0.2) is 14.5 Å². The van der Waals surface area contributed by atoms with Gasteiger partial charge in [0.1, 0.15) is 11.7 Å². The Morgan fingerprint density at radius 1 is 1.09 bits per heavy atom. The first-order valence-corrected chi connectivity index (χ1v) is 11.5. The maximum Gasteiger partial charge on any atom is 0.418 e. The van der Waals surface area contributed by atoms with E-state index in [1.54, 1.807) is 20.8 Å². The Balaban J connectivity index is 2.47. The number of carbonyl (C=O) groups excluding carboxylic acids is 3. The van der Waals surface area contributed by atoms with Crippen LogP contribution >= 0.6 is 0 Å². The lowest BCUT2D eigenvalue weighted by atomic mass is 10.1. The van der Waals surface area contributed by atoms with E-state index in [-0.39, 0.29) is 11.7 Å². The predicted octanol–water partition coefficient (Wildman–Crippen LogP) is 5.32. The molecule has 32 heavy (non-hydrogen) atoms. The second kappa shape index (κ2) is 13.9. The van der Waals surface area contributed by atoms with Gasteiger partial charge in [-0.15, -0.1) is 0 Å². The van der Waals surface area contributed by atoms with Crippen molar-refractivity contribution in [1.29, 1.82) is 0 Å². The quantitative estimate of drug-likeness (QED) is 0.437. The van der Waals surface area contributed by atoms with Gasteiger partial charge in [-0.3, -0.25) is 4.79 Å². The number of ether oxygens (including phenoxy) is 2. The first-order valence-electron chi connectivity index (χ1n) is 11.5. The second-order valence-electron chi connectivity index (χ2n) is 9.23. The van der Waals surface area contributed by atoms with E-state index < -0.39 is 23.8 Å². The molecule has 0 radical (unpaired) electrons. The molecule has 0 aromatic heterocycles. The van der Waals surface area contributed by atoms with Gasteiger partial charge < -0.3 is 14.8 Å². The first-order chi connectivity index (χ1) is 15.0. The van der Waals surface area contributed by atoms with Gasteiger partial charge in [0, 0.05) is 13.1 Å². The van der Waals surface area contributed by atoms with E-state index in [9.17, 15) is 14.4 Å². The number of rotatable bonds is 12. The normalized spacial score (nSPS) is 13.2. The van der Waals surface area contributed by atoms with E-state index in [4.69, 9.17) is 9.47 Å². The topological polar surface area (TPSA) is 84.9 Å². The third kappa shape index (κ3) is 11.3. The van der Waals surface area contributed by atoms with Crippen molar-refractivity contribution >= 4 is 17.9 Å². The minimum absolute atomic E-state index is 0.00498. The van der Waals surface area contributed by atoms with Crippen molar-refractivity contribution in [3.8, 4) is 0 Å². The number of hydrogen-bond acceptors (Lipinski definition) is 5. The largest absolute Gasteiger partial charge is 0.443 e. The van der Waals surface area contributed by atoms with Crippen LogP contribution in [0.15, 0.2) is 30.3 Å². The van der Waals surface area contributed by atoms with E-state index in [0.29, 0.717) is 32.5 Å². The van der Waals surface area contributed by atoms with E-state index >= 15 is 0 Å². The van der Waals surface area contributed by atoms with Crippen molar-refractivity contribution < 1.29 is 23.9 Å².